The van der Waals surface area contributed by atoms with Crippen LogP contribution in [0.1, 0.15) is 275 Å². The van der Waals surface area contributed by atoms with Crippen LogP contribution in [0.2, 0.25) is 0 Å². The van der Waals surface area contributed by atoms with Crippen molar-refractivity contribution in [2.24, 2.45) is 71.0 Å². The van der Waals surface area contributed by atoms with E-state index >= 15 is 0 Å². The van der Waals surface area contributed by atoms with Gasteiger partial charge < -0.3 is 36.4 Å². The van der Waals surface area contributed by atoms with Gasteiger partial charge in [0.15, 0.2) is 0 Å². The molecule has 19 heteroatoms. The van der Waals surface area contributed by atoms with E-state index in [0.29, 0.717) is 79.6 Å². The van der Waals surface area contributed by atoms with Crippen LogP contribution < -0.4 is 31.3 Å². The maximum Gasteiger partial charge on any atom is 0.252 e. The lowest BCUT2D eigenvalue weighted by atomic mass is 9.79. The lowest BCUT2D eigenvalue weighted by Gasteiger charge is -2.32. The number of carbonyl (C=O) groups excluding carboxylic acids is 5. The first-order valence-electron chi connectivity index (χ1n) is 36.3. The van der Waals surface area contributed by atoms with Crippen molar-refractivity contribution in [2.45, 2.75) is 318 Å². The van der Waals surface area contributed by atoms with Crippen LogP contribution in [0.25, 0.3) is 0 Å². The fourth-order valence-corrected chi connectivity index (χ4v) is 16.0. The van der Waals surface area contributed by atoms with E-state index in [1.54, 1.807) is 24.0 Å². The van der Waals surface area contributed by atoms with Crippen molar-refractivity contribution in [3.05, 3.63) is 16.6 Å². The van der Waals surface area contributed by atoms with Crippen LogP contribution in [0.15, 0.2) is 10.9 Å². The number of methoxy groups -OCH3 is 1. The zero-order valence-corrected chi connectivity index (χ0v) is 61.8. The molecule has 1 heterocycles. The molecular weight excluding hydrogens is 1200 g/mol. The van der Waals surface area contributed by atoms with E-state index in [0.717, 1.165) is 124 Å². The molecule has 7 fully saturated rings. The van der Waals surface area contributed by atoms with Crippen molar-refractivity contribution in [3.63, 3.8) is 0 Å². The van der Waals surface area contributed by atoms with Crippen LogP contribution in [0.5, 0.6) is 0 Å². The molecular formula is C73H132N8O9S2. The van der Waals surface area contributed by atoms with Gasteiger partial charge in [-0.05, 0) is 161 Å². The highest BCUT2D eigenvalue weighted by atomic mass is 32.2. The molecule has 92 heavy (non-hydrogen) atoms. The molecule has 5 amide bonds. The predicted molar refractivity (Wildman–Crippen MR) is 375 cm³/mol. The molecule has 1 aromatic rings. The zero-order valence-electron chi connectivity index (χ0n) is 60.2. The number of aromatic nitrogens is 1. The molecule has 0 bridgehead atoms. The predicted octanol–water partition coefficient (Wildman–Crippen LogP) is 13.5. The highest BCUT2D eigenvalue weighted by Gasteiger charge is 2.48. The van der Waals surface area contributed by atoms with Gasteiger partial charge in [-0.1, -0.05) is 167 Å². The first-order chi connectivity index (χ1) is 43.4. The highest BCUT2D eigenvalue weighted by molar-refractivity contribution is 7.88. The number of ether oxygens (including phenoxy) is 1. The molecule has 12 atom stereocenters. The van der Waals surface area contributed by atoms with Gasteiger partial charge in [0, 0.05) is 55.2 Å². The molecule has 8 rings (SSSR count). The van der Waals surface area contributed by atoms with Crippen molar-refractivity contribution < 1.29 is 42.2 Å². The van der Waals surface area contributed by atoms with Gasteiger partial charge in [-0.3, -0.25) is 24.0 Å². The third-order valence-corrected chi connectivity index (χ3v) is 22.3. The van der Waals surface area contributed by atoms with Crippen LogP contribution in [0.4, 0.5) is 0 Å². The first-order valence-corrected chi connectivity index (χ1v) is 39.2. The van der Waals surface area contributed by atoms with E-state index in [1.807, 2.05) is 18.4 Å². The van der Waals surface area contributed by atoms with Gasteiger partial charge in [-0.25, -0.2) is 18.1 Å². The quantitative estimate of drug-likeness (QED) is 0.0646. The van der Waals surface area contributed by atoms with Gasteiger partial charge in [-0.15, -0.1) is 11.3 Å². The van der Waals surface area contributed by atoms with Crippen molar-refractivity contribution >= 4 is 50.9 Å². The third-order valence-electron chi connectivity index (χ3n) is 20.9. The molecule has 7 aliphatic rings. The topological polar surface area (TPSA) is 258 Å². The standard InChI is InChI=1S/C14H22N2OS.C13H23NO2.C12H20N2O.C12H23NO2.C12H23NO.C10H21NO2S/c1-10(2)11-4-3-5-12(6-11)16-14(17)7-13-8-18-9-15-13;1-9(2)10-4-3-5-11(8-10)14-12(15)13(16)6-7-13;1-9(2)10-4-3-5-11(8-10)14-12(15)6-7-13;1-9(2)10-5-4-6-11(7-10)13-12(14)8-15-3;1-4-12(14)13-11-7-5-6-10(8-11)9(2)3;1-8(2)9-5-4-6-10(7-9)11-14(3,12)13/h8-12H,3-7H2,1-2H3,(H,16,17);9-11,16H,3-8H2,1-2H3,(H,14,15);9-11H,3-6,8H2,1-2H3,(H,14,15);9-11H,4-8H2,1-3H3,(H,13,14);9-11H,4-8H2,1-3H3,(H,13,14);8-11H,4-7H2,1-3H3/t11-,12-;4*10-,11-;9-,10-/m111111/s1. The molecule has 17 nitrogen and oxygen atoms in total. The molecule has 7 saturated carbocycles. The summed E-state index contributed by atoms with van der Waals surface area (Å²) < 4.78 is 29.7. The summed E-state index contributed by atoms with van der Waals surface area (Å²) in [4.78, 5) is 61.6. The van der Waals surface area contributed by atoms with E-state index in [1.165, 1.54) is 89.7 Å². The van der Waals surface area contributed by atoms with Gasteiger partial charge >= 0.3 is 0 Å². The minimum Gasteiger partial charge on any atom is -0.380 e. The number of carbonyl (C=O) groups is 5. The highest BCUT2D eigenvalue weighted by Crippen LogP contribution is 2.38. The summed E-state index contributed by atoms with van der Waals surface area (Å²) in [5, 5.41) is 35.3. The Hall–Kier alpha value is -3.70. The summed E-state index contributed by atoms with van der Waals surface area (Å²) in [6.45, 7) is 29.2. The van der Waals surface area contributed by atoms with E-state index in [-0.39, 0.29) is 48.6 Å². The summed E-state index contributed by atoms with van der Waals surface area (Å²) in [7, 11) is -1.47. The lowest BCUT2D eigenvalue weighted by molar-refractivity contribution is -0.132. The fourth-order valence-electron chi connectivity index (χ4n) is 14.6. The number of sulfonamides is 1. The van der Waals surface area contributed by atoms with E-state index < -0.39 is 15.6 Å². The summed E-state index contributed by atoms with van der Waals surface area (Å²) >= 11 is 1.54. The molecule has 530 valence electrons. The Kier molecular flexibility index (Phi) is 39.0. The van der Waals surface area contributed by atoms with Crippen molar-refractivity contribution in [1.29, 1.82) is 5.26 Å². The normalized spacial score (nSPS) is 27.7. The van der Waals surface area contributed by atoms with Gasteiger partial charge in [0.05, 0.1) is 30.0 Å². The zero-order chi connectivity index (χ0) is 68.6. The fraction of sp³-hybridized carbons (Fsp3) is 0.877. The summed E-state index contributed by atoms with van der Waals surface area (Å²) in [6.07, 6.45) is 31.8. The van der Waals surface area contributed by atoms with Crippen LogP contribution in [-0.4, -0.2) is 110 Å². The number of hydrogen-bond acceptors (Lipinski definition) is 12. The molecule has 7 aliphatic carbocycles. The molecule has 0 aliphatic heterocycles. The summed E-state index contributed by atoms with van der Waals surface area (Å²) in [6, 6.07) is 3.83. The van der Waals surface area contributed by atoms with Crippen LogP contribution in [0, 0.1) is 82.3 Å². The molecule has 0 radical (unpaired) electrons. The minimum atomic E-state index is -3.02. The summed E-state index contributed by atoms with van der Waals surface area (Å²) in [5.74, 6) is 8.86. The van der Waals surface area contributed by atoms with Gasteiger partial charge in [0.1, 0.15) is 18.6 Å². The Morgan fingerprint density at radius 3 is 1.17 bits per heavy atom. The van der Waals surface area contributed by atoms with Crippen molar-refractivity contribution in [3.8, 4) is 6.07 Å². The molecule has 0 unspecified atom stereocenters. The lowest BCUT2D eigenvalue weighted by Crippen LogP contribution is -2.45. The Bertz CT molecular complexity index is 2410. The minimum absolute atomic E-state index is 0.0111. The van der Waals surface area contributed by atoms with Crippen LogP contribution in [-0.2, 0) is 45.2 Å². The average Bonchev–Trinajstić information content (AvgIpc) is 1.68. The Balaban J connectivity index is 0.000000289. The number of rotatable bonds is 20. The van der Waals surface area contributed by atoms with E-state index in [4.69, 9.17) is 10.00 Å². The SMILES string of the molecule is CC(C)[C@@H]1CCC[C@@H](NC(=O)C2(O)CC2)C1.CC(C)[C@@H]1CCC[C@@H](NC(=O)CC#N)C1.CC(C)[C@@H]1CCC[C@@H](NC(=O)Cc2cscn2)C1.CC(C)[C@@H]1CCC[C@@H](NS(C)(=O)=O)C1.CCC(=O)N[C@@H]1CCC[C@@H](C(C)C)C1.COCC(=O)N[C@@H]1CCC[C@@H](C(C)C)C1. The maximum atomic E-state index is 11.9. The number of aliphatic hydroxyl groups is 1. The number of nitrogens with zero attached hydrogens (tertiary/aromatic N) is 2. The molecule has 1 aromatic heterocycles. The molecule has 7 N–H and O–H groups in total. The van der Waals surface area contributed by atoms with Crippen LogP contribution >= 0.6 is 11.3 Å². The van der Waals surface area contributed by atoms with E-state index in [9.17, 15) is 37.5 Å². The van der Waals surface area contributed by atoms with Gasteiger partial charge in [0.2, 0.25) is 33.7 Å². The molecule has 0 aromatic carbocycles. The molecule has 0 saturated heterocycles. The Morgan fingerprint density at radius 2 is 0.870 bits per heavy atom. The van der Waals surface area contributed by atoms with Gasteiger partial charge in [0.25, 0.3) is 5.91 Å². The number of nitrogens with one attached hydrogen (secondary N) is 6. The second-order valence-corrected chi connectivity index (χ2v) is 33.1. The average molecular weight is 1330 g/mol. The van der Waals surface area contributed by atoms with E-state index in [2.05, 4.69) is 119 Å². The van der Waals surface area contributed by atoms with Gasteiger partial charge in [-0.2, -0.15) is 5.26 Å². The second kappa shape index (κ2) is 43.5. The number of nitriles is 1. The number of hydrogen-bond donors (Lipinski definition) is 7. The third kappa shape index (κ3) is 34.3. The Labute approximate surface area is 563 Å². The number of thiazole rings is 1. The largest absolute Gasteiger partial charge is 0.380 e. The summed E-state index contributed by atoms with van der Waals surface area (Å²) in [5.41, 5.74) is 1.65. The monoisotopic (exact) mass is 1330 g/mol. The van der Waals surface area contributed by atoms with Crippen LogP contribution in [0.3, 0.4) is 0 Å². The smallest absolute Gasteiger partial charge is 0.252 e. The molecule has 0 spiro atoms. The Morgan fingerprint density at radius 1 is 0.543 bits per heavy atom. The van der Waals surface area contributed by atoms with Crippen molar-refractivity contribution in [2.75, 3.05) is 20.0 Å². The van der Waals surface area contributed by atoms with Crippen molar-refractivity contribution in [1.82, 2.24) is 36.3 Å². The maximum absolute atomic E-state index is 11.9. The number of amides is 5. The first kappa shape index (κ1) is 82.5. The second-order valence-electron chi connectivity index (χ2n) is 30.6.